The first-order chi connectivity index (χ1) is 14.6. The van der Waals surface area contributed by atoms with E-state index < -0.39 is 36.3 Å². The van der Waals surface area contributed by atoms with Gasteiger partial charge in [0, 0.05) is 26.7 Å². The average Bonchev–Trinajstić information content (AvgIpc) is 3.04. The maximum atomic E-state index is 13.1. The number of nitrogens with two attached hydrogens (primary N) is 1. The molecule has 1 aromatic carbocycles. The summed E-state index contributed by atoms with van der Waals surface area (Å²) in [4.78, 5) is 28.0. The molecular formula is C20H18F3N3O4S. The van der Waals surface area contributed by atoms with Crippen molar-refractivity contribution in [2.75, 3.05) is 6.61 Å². The SMILES string of the molecule is Cc1sc2ccc(OCc3cccnc3C(F)(F)F)cc2c1C(=O)N[C@H](CO)C(N)=O. The van der Waals surface area contributed by atoms with Crippen LogP contribution in [0.5, 0.6) is 5.75 Å². The highest BCUT2D eigenvalue weighted by Gasteiger charge is 2.35. The molecule has 3 rings (SSSR count). The number of thiophene rings is 1. The third kappa shape index (κ3) is 4.94. The highest BCUT2D eigenvalue weighted by atomic mass is 32.1. The normalized spacial score (nSPS) is 12.5. The number of benzene rings is 1. The van der Waals surface area contributed by atoms with Gasteiger partial charge in [0.05, 0.1) is 12.2 Å². The number of aryl methyl sites for hydroxylation is 1. The van der Waals surface area contributed by atoms with Crippen molar-refractivity contribution in [1.29, 1.82) is 0 Å². The minimum Gasteiger partial charge on any atom is -0.489 e. The van der Waals surface area contributed by atoms with Crippen molar-refractivity contribution in [2.24, 2.45) is 5.73 Å². The molecule has 0 saturated heterocycles. The molecule has 11 heteroatoms. The van der Waals surface area contributed by atoms with E-state index in [-0.39, 0.29) is 23.5 Å². The van der Waals surface area contributed by atoms with Crippen LogP contribution in [0, 0.1) is 6.92 Å². The number of pyridine rings is 1. The molecule has 4 N–H and O–H groups in total. The van der Waals surface area contributed by atoms with Gasteiger partial charge in [-0.2, -0.15) is 13.2 Å². The monoisotopic (exact) mass is 453 g/mol. The summed E-state index contributed by atoms with van der Waals surface area (Å²) in [5.74, 6) is -1.23. The number of carbonyl (C=O) groups is 2. The van der Waals surface area contributed by atoms with Gasteiger partial charge in [0.15, 0.2) is 5.69 Å². The van der Waals surface area contributed by atoms with Gasteiger partial charge in [-0.3, -0.25) is 14.6 Å². The number of ether oxygens (including phenoxy) is 1. The van der Waals surface area contributed by atoms with E-state index >= 15 is 0 Å². The molecule has 0 radical (unpaired) electrons. The van der Waals surface area contributed by atoms with Crippen LogP contribution in [0.2, 0.25) is 0 Å². The Balaban J connectivity index is 1.87. The molecule has 0 fully saturated rings. The number of nitrogens with zero attached hydrogens (tertiary/aromatic N) is 1. The van der Waals surface area contributed by atoms with Crippen LogP contribution in [0.25, 0.3) is 10.1 Å². The lowest BCUT2D eigenvalue weighted by atomic mass is 10.1. The van der Waals surface area contributed by atoms with E-state index in [0.29, 0.717) is 10.3 Å². The molecule has 3 aromatic rings. The molecule has 2 amide bonds. The van der Waals surface area contributed by atoms with Crippen LogP contribution in [-0.2, 0) is 17.6 Å². The fourth-order valence-corrected chi connectivity index (χ4v) is 4.02. The minimum absolute atomic E-state index is 0.123. The third-order valence-electron chi connectivity index (χ3n) is 4.45. The maximum absolute atomic E-state index is 13.1. The average molecular weight is 453 g/mol. The number of nitrogens with one attached hydrogen (secondary N) is 1. The minimum atomic E-state index is -4.61. The van der Waals surface area contributed by atoms with Crippen molar-refractivity contribution in [3.05, 3.63) is 58.2 Å². The van der Waals surface area contributed by atoms with E-state index in [1.54, 1.807) is 19.1 Å². The van der Waals surface area contributed by atoms with Crippen LogP contribution < -0.4 is 15.8 Å². The number of halogens is 3. The number of aromatic nitrogens is 1. The van der Waals surface area contributed by atoms with Crippen molar-refractivity contribution in [1.82, 2.24) is 10.3 Å². The quantitative estimate of drug-likeness (QED) is 0.509. The summed E-state index contributed by atoms with van der Waals surface area (Å²) in [5, 5.41) is 12.1. The Bertz CT molecular complexity index is 1130. The highest BCUT2D eigenvalue weighted by Crippen LogP contribution is 2.34. The second-order valence-corrected chi connectivity index (χ2v) is 7.86. The van der Waals surface area contributed by atoms with E-state index in [2.05, 4.69) is 10.3 Å². The first kappa shape index (κ1) is 22.5. The van der Waals surface area contributed by atoms with Gasteiger partial charge in [-0.25, -0.2) is 0 Å². The van der Waals surface area contributed by atoms with Crippen molar-refractivity contribution in [3.8, 4) is 5.75 Å². The summed E-state index contributed by atoms with van der Waals surface area (Å²) >= 11 is 1.33. The Morgan fingerprint density at radius 3 is 2.71 bits per heavy atom. The predicted octanol–water partition coefficient (Wildman–Crippen LogP) is 2.78. The number of alkyl halides is 3. The molecule has 0 saturated carbocycles. The van der Waals surface area contributed by atoms with E-state index in [0.717, 1.165) is 10.9 Å². The smallest absolute Gasteiger partial charge is 0.433 e. The number of hydrogen-bond donors (Lipinski definition) is 3. The molecule has 2 heterocycles. The molecule has 0 aliphatic carbocycles. The van der Waals surface area contributed by atoms with Gasteiger partial charge in [0.1, 0.15) is 18.4 Å². The second-order valence-electron chi connectivity index (χ2n) is 6.60. The topological polar surface area (TPSA) is 115 Å². The van der Waals surface area contributed by atoms with Gasteiger partial charge in [0.25, 0.3) is 5.91 Å². The van der Waals surface area contributed by atoms with E-state index in [1.165, 1.54) is 29.5 Å². The maximum Gasteiger partial charge on any atom is 0.433 e. The number of aliphatic hydroxyl groups excluding tert-OH is 1. The third-order valence-corrected chi connectivity index (χ3v) is 5.53. The van der Waals surface area contributed by atoms with E-state index in [4.69, 9.17) is 10.5 Å². The van der Waals surface area contributed by atoms with Crippen LogP contribution in [-0.4, -0.2) is 34.6 Å². The van der Waals surface area contributed by atoms with Crippen LogP contribution in [0.1, 0.15) is 26.5 Å². The lowest BCUT2D eigenvalue weighted by molar-refractivity contribution is -0.142. The van der Waals surface area contributed by atoms with E-state index in [9.17, 15) is 27.9 Å². The first-order valence-electron chi connectivity index (χ1n) is 9.00. The lowest BCUT2D eigenvalue weighted by Crippen LogP contribution is -2.46. The molecule has 0 aliphatic rings. The summed E-state index contributed by atoms with van der Waals surface area (Å²) in [5.41, 5.74) is 4.26. The molecule has 2 aromatic heterocycles. The molecular weight excluding hydrogens is 435 g/mol. The van der Waals surface area contributed by atoms with Gasteiger partial charge >= 0.3 is 6.18 Å². The van der Waals surface area contributed by atoms with Crippen molar-refractivity contribution >= 4 is 33.2 Å². The van der Waals surface area contributed by atoms with Gasteiger partial charge < -0.3 is 20.9 Å². The van der Waals surface area contributed by atoms with Crippen LogP contribution in [0.15, 0.2) is 36.5 Å². The number of carbonyl (C=O) groups excluding carboxylic acids is 2. The van der Waals surface area contributed by atoms with Gasteiger partial charge in [-0.1, -0.05) is 6.07 Å². The van der Waals surface area contributed by atoms with Crippen molar-refractivity contribution in [3.63, 3.8) is 0 Å². The number of rotatable bonds is 7. The largest absolute Gasteiger partial charge is 0.489 e. The molecule has 1 atom stereocenters. The summed E-state index contributed by atoms with van der Waals surface area (Å²) in [6.07, 6.45) is -3.55. The number of hydrogen-bond acceptors (Lipinski definition) is 6. The molecule has 0 bridgehead atoms. The summed E-state index contributed by atoms with van der Waals surface area (Å²) in [6, 6.07) is 6.23. The number of amides is 2. The number of aliphatic hydroxyl groups is 1. The summed E-state index contributed by atoms with van der Waals surface area (Å²) in [7, 11) is 0. The van der Waals surface area contributed by atoms with Crippen LogP contribution in [0.4, 0.5) is 13.2 Å². The molecule has 0 unspecified atom stereocenters. The second kappa shape index (κ2) is 8.90. The lowest BCUT2D eigenvalue weighted by Gasteiger charge is -2.13. The van der Waals surface area contributed by atoms with E-state index in [1.807, 2.05) is 0 Å². The Kier molecular flexibility index (Phi) is 6.46. The van der Waals surface area contributed by atoms with Gasteiger partial charge in [-0.05, 0) is 31.2 Å². The molecule has 31 heavy (non-hydrogen) atoms. The Hall–Kier alpha value is -3.18. The summed E-state index contributed by atoms with van der Waals surface area (Å²) in [6.45, 7) is 0.694. The number of fused-ring (bicyclic) bond motifs is 1. The highest BCUT2D eigenvalue weighted by molar-refractivity contribution is 7.19. The zero-order valence-electron chi connectivity index (χ0n) is 16.2. The number of primary amides is 1. The zero-order valence-corrected chi connectivity index (χ0v) is 17.0. The Labute approximate surface area is 178 Å². The first-order valence-corrected chi connectivity index (χ1v) is 9.81. The van der Waals surface area contributed by atoms with Crippen LogP contribution in [0.3, 0.4) is 0 Å². The summed E-state index contributed by atoms with van der Waals surface area (Å²) < 4.78 is 45.6. The zero-order chi connectivity index (χ0) is 22.8. The van der Waals surface area contributed by atoms with Gasteiger partial charge in [0.2, 0.25) is 5.91 Å². The van der Waals surface area contributed by atoms with Crippen molar-refractivity contribution in [2.45, 2.75) is 25.7 Å². The Morgan fingerprint density at radius 1 is 1.32 bits per heavy atom. The van der Waals surface area contributed by atoms with Gasteiger partial charge in [-0.15, -0.1) is 11.3 Å². The molecule has 7 nitrogen and oxygen atoms in total. The molecule has 0 aliphatic heterocycles. The predicted molar refractivity (Wildman–Crippen MR) is 108 cm³/mol. The van der Waals surface area contributed by atoms with Crippen molar-refractivity contribution < 1.29 is 32.6 Å². The fraction of sp³-hybridized carbons (Fsp3) is 0.250. The fourth-order valence-electron chi connectivity index (χ4n) is 2.98. The molecule has 164 valence electrons. The van der Waals surface area contributed by atoms with Crippen LogP contribution >= 0.6 is 11.3 Å². The molecule has 0 spiro atoms. The standard InChI is InChI=1S/C20H18F3N3O4S/c1-10-16(19(29)26-14(8-27)18(24)28)13-7-12(4-5-15(13)31-10)30-9-11-3-2-6-25-17(11)20(21,22)23/h2-7,14,27H,8-9H2,1H3,(H2,24,28)(H,26,29)/t14-/m1/s1. The Morgan fingerprint density at radius 2 is 2.06 bits per heavy atom.